The van der Waals surface area contributed by atoms with E-state index in [-0.39, 0.29) is 12.1 Å². The van der Waals surface area contributed by atoms with Crippen LogP contribution < -0.4 is 10.1 Å². The van der Waals surface area contributed by atoms with E-state index < -0.39 is 0 Å². The molecule has 17 heavy (non-hydrogen) atoms. The van der Waals surface area contributed by atoms with E-state index in [1.165, 1.54) is 0 Å². The van der Waals surface area contributed by atoms with Gasteiger partial charge in [-0.15, -0.1) is 0 Å². The van der Waals surface area contributed by atoms with Crippen LogP contribution in [-0.4, -0.2) is 28.8 Å². The van der Waals surface area contributed by atoms with Gasteiger partial charge in [0.25, 0.3) is 0 Å². The molecule has 0 spiro atoms. The average molecular weight is 238 g/mol. The SMILES string of the molecule is CCOc1cccnc1NC(C)(CC)CCO. The fraction of sp³-hybridized carbons (Fsp3) is 0.615. The fourth-order valence-electron chi connectivity index (χ4n) is 1.62. The molecule has 0 bridgehead atoms. The minimum absolute atomic E-state index is 0.158. The maximum absolute atomic E-state index is 9.09. The van der Waals surface area contributed by atoms with Crippen LogP contribution in [0.3, 0.4) is 0 Å². The van der Waals surface area contributed by atoms with Crippen LogP contribution in [0, 0.1) is 0 Å². The number of aliphatic hydroxyl groups excluding tert-OH is 1. The van der Waals surface area contributed by atoms with Gasteiger partial charge >= 0.3 is 0 Å². The first kappa shape index (κ1) is 13.8. The molecular weight excluding hydrogens is 216 g/mol. The number of pyridine rings is 1. The summed E-state index contributed by atoms with van der Waals surface area (Å²) in [5, 5.41) is 12.5. The van der Waals surface area contributed by atoms with Crippen molar-refractivity contribution >= 4 is 5.82 Å². The molecule has 0 amide bonds. The fourth-order valence-corrected chi connectivity index (χ4v) is 1.62. The van der Waals surface area contributed by atoms with E-state index in [0.717, 1.165) is 18.0 Å². The molecule has 0 saturated carbocycles. The molecule has 4 nitrogen and oxygen atoms in total. The summed E-state index contributed by atoms with van der Waals surface area (Å²) in [4.78, 5) is 4.29. The lowest BCUT2D eigenvalue weighted by molar-refractivity contribution is 0.251. The van der Waals surface area contributed by atoms with Crippen LogP contribution >= 0.6 is 0 Å². The topological polar surface area (TPSA) is 54.4 Å². The Morgan fingerprint density at radius 2 is 2.24 bits per heavy atom. The van der Waals surface area contributed by atoms with Gasteiger partial charge in [0.1, 0.15) is 0 Å². The Balaban J connectivity index is 2.85. The number of hydrogen-bond acceptors (Lipinski definition) is 4. The molecule has 0 aromatic carbocycles. The van der Waals surface area contributed by atoms with E-state index in [9.17, 15) is 0 Å². The van der Waals surface area contributed by atoms with E-state index in [4.69, 9.17) is 9.84 Å². The molecular formula is C13H22N2O2. The molecule has 0 saturated heterocycles. The monoisotopic (exact) mass is 238 g/mol. The highest BCUT2D eigenvalue weighted by molar-refractivity contribution is 5.51. The lowest BCUT2D eigenvalue weighted by Crippen LogP contribution is -2.35. The van der Waals surface area contributed by atoms with Crippen molar-refractivity contribution in [1.29, 1.82) is 0 Å². The third-order valence-corrected chi connectivity index (χ3v) is 2.93. The zero-order valence-electron chi connectivity index (χ0n) is 10.9. The van der Waals surface area contributed by atoms with E-state index in [1.807, 2.05) is 19.1 Å². The van der Waals surface area contributed by atoms with Crippen molar-refractivity contribution in [2.75, 3.05) is 18.5 Å². The third kappa shape index (κ3) is 3.89. The number of rotatable bonds is 7. The van der Waals surface area contributed by atoms with E-state index >= 15 is 0 Å². The Labute approximate surface area is 103 Å². The number of anilines is 1. The molecule has 4 heteroatoms. The molecule has 1 aromatic heterocycles. The molecule has 1 unspecified atom stereocenters. The molecule has 0 aliphatic carbocycles. The van der Waals surface area contributed by atoms with Crippen LogP contribution in [0.5, 0.6) is 5.75 Å². The van der Waals surface area contributed by atoms with Crippen LogP contribution in [0.25, 0.3) is 0 Å². The molecule has 0 aliphatic heterocycles. The highest BCUT2D eigenvalue weighted by atomic mass is 16.5. The molecule has 96 valence electrons. The average Bonchev–Trinajstić information content (AvgIpc) is 2.32. The maximum Gasteiger partial charge on any atom is 0.169 e. The van der Waals surface area contributed by atoms with Crippen LogP contribution in [0.4, 0.5) is 5.82 Å². The summed E-state index contributed by atoms with van der Waals surface area (Å²) in [6.45, 7) is 6.89. The van der Waals surface area contributed by atoms with Crippen molar-refractivity contribution in [3.63, 3.8) is 0 Å². The quantitative estimate of drug-likeness (QED) is 0.766. The molecule has 0 aliphatic rings. The first-order chi connectivity index (χ1) is 8.15. The second-order valence-corrected chi connectivity index (χ2v) is 4.30. The molecule has 1 heterocycles. The first-order valence-electron chi connectivity index (χ1n) is 6.12. The highest BCUT2D eigenvalue weighted by Crippen LogP contribution is 2.27. The Hall–Kier alpha value is -1.29. The number of hydrogen-bond donors (Lipinski definition) is 2. The standard InChI is InChI=1S/C13H22N2O2/c1-4-13(3,8-10-16)15-12-11(17-5-2)7-6-9-14-12/h6-7,9,16H,4-5,8,10H2,1-3H3,(H,14,15). The molecule has 0 radical (unpaired) electrons. The summed E-state index contributed by atoms with van der Waals surface area (Å²) in [6.07, 6.45) is 3.33. The predicted octanol–water partition coefficient (Wildman–Crippen LogP) is 2.44. The summed E-state index contributed by atoms with van der Waals surface area (Å²) in [7, 11) is 0. The number of aromatic nitrogens is 1. The van der Waals surface area contributed by atoms with Gasteiger partial charge in [-0.3, -0.25) is 0 Å². The maximum atomic E-state index is 9.09. The van der Waals surface area contributed by atoms with Crippen LogP contribution in [0.15, 0.2) is 18.3 Å². The van der Waals surface area contributed by atoms with Crippen molar-refractivity contribution in [1.82, 2.24) is 4.98 Å². The number of nitrogens with one attached hydrogen (secondary N) is 1. The third-order valence-electron chi connectivity index (χ3n) is 2.93. The van der Waals surface area contributed by atoms with Crippen molar-refractivity contribution in [3.05, 3.63) is 18.3 Å². The molecule has 1 aromatic rings. The highest BCUT2D eigenvalue weighted by Gasteiger charge is 2.22. The van der Waals surface area contributed by atoms with Crippen molar-refractivity contribution in [2.24, 2.45) is 0 Å². The van der Waals surface area contributed by atoms with Gasteiger partial charge in [-0.25, -0.2) is 4.98 Å². The van der Waals surface area contributed by atoms with E-state index in [2.05, 4.69) is 24.1 Å². The van der Waals surface area contributed by atoms with Crippen LogP contribution in [0.2, 0.25) is 0 Å². The van der Waals surface area contributed by atoms with E-state index in [1.54, 1.807) is 6.20 Å². The molecule has 0 fully saturated rings. The first-order valence-corrected chi connectivity index (χ1v) is 6.12. The van der Waals surface area contributed by atoms with Crippen molar-refractivity contribution in [2.45, 2.75) is 39.2 Å². The Kier molecular flexibility index (Phi) is 5.22. The van der Waals surface area contributed by atoms with Crippen molar-refractivity contribution in [3.8, 4) is 5.75 Å². The second kappa shape index (κ2) is 6.45. The molecule has 1 rings (SSSR count). The number of aliphatic hydroxyl groups is 1. The van der Waals surface area contributed by atoms with Gasteiger partial charge < -0.3 is 15.2 Å². The van der Waals surface area contributed by atoms with Gasteiger partial charge in [0, 0.05) is 18.3 Å². The largest absolute Gasteiger partial charge is 0.490 e. The number of nitrogens with zero attached hydrogens (tertiary/aromatic N) is 1. The van der Waals surface area contributed by atoms with Gasteiger partial charge in [0.15, 0.2) is 11.6 Å². The molecule has 1 atom stereocenters. The minimum Gasteiger partial charge on any atom is -0.490 e. The second-order valence-electron chi connectivity index (χ2n) is 4.30. The zero-order valence-corrected chi connectivity index (χ0v) is 10.9. The lowest BCUT2D eigenvalue weighted by atomic mass is 9.95. The van der Waals surface area contributed by atoms with Crippen LogP contribution in [-0.2, 0) is 0 Å². The Morgan fingerprint density at radius 1 is 1.47 bits per heavy atom. The molecule has 2 N–H and O–H groups in total. The Morgan fingerprint density at radius 3 is 2.82 bits per heavy atom. The summed E-state index contributed by atoms with van der Waals surface area (Å²) >= 11 is 0. The normalized spacial score (nSPS) is 14.1. The predicted molar refractivity (Wildman–Crippen MR) is 69.4 cm³/mol. The van der Waals surface area contributed by atoms with Gasteiger partial charge in [0.2, 0.25) is 0 Å². The van der Waals surface area contributed by atoms with Gasteiger partial charge in [0.05, 0.1) is 6.61 Å². The van der Waals surface area contributed by atoms with Gasteiger partial charge in [-0.2, -0.15) is 0 Å². The summed E-state index contributed by atoms with van der Waals surface area (Å²) < 4.78 is 5.52. The van der Waals surface area contributed by atoms with Gasteiger partial charge in [-0.05, 0) is 38.8 Å². The van der Waals surface area contributed by atoms with Crippen molar-refractivity contribution < 1.29 is 9.84 Å². The lowest BCUT2D eigenvalue weighted by Gasteiger charge is -2.30. The minimum atomic E-state index is -0.158. The number of ether oxygens (including phenoxy) is 1. The zero-order chi connectivity index (χ0) is 12.7. The Bertz CT molecular complexity index is 344. The summed E-state index contributed by atoms with van der Waals surface area (Å²) in [5.41, 5.74) is -0.158. The summed E-state index contributed by atoms with van der Waals surface area (Å²) in [5.74, 6) is 1.50. The summed E-state index contributed by atoms with van der Waals surface area (Å²) in [6, 6.07) is 3.75. The van der Waals surface area contributed by atoms with Gasteiger partial charge in [-0.1, -0.05) is 6.92 Å². The van der Waals surface area contributed by atoms with E-state index in [0.29, 0.717) is 13.0 Å². The smallest absolute Gasteiger partial charge is 0.169 e. The van der Waals surface area contributed by atoms with Crippen LogP contribution in [0.1, 0.15) is 33.6 Å².